The second kappa shape index (κ2) is 7.14. The Morgan fingerprint density at radius 3 is 2.55 bits per heavy atom. The molecule has 3 unspecified atom stereocenters. The van der Waals surface area contributed by atoms with E-state index in [0.717, 1.165) is 26.2 Å². The summed E-state index contributed by atoms with van der Waals surface area (Å²) in [5.41, 5.74) is 3.15. The first-order valence-corrected chi connectivity index (χ1v) is 12.8. The number of ether oxygens (including phenoxy) is 2. The molecule has 6 rings (SSSR count). The molecule has 2 fully saturated rings. The summed E-state index contributed by atoms with van der Waals surface area (Å²) < 4.78 is 12.8. The van der Waals surface area contributed by atoms with Crippen LogP contribution in [0.5, 0.6) is 0 Å². The van der Waals surface area contributed by atoms with Gasteiger partial charge in [-0.05, 0) is 73.2 Å². The minimum atomic E-state index is 0.104. The average Bonchev–Trinajstić information content (AvgIpc) is 3.12. The fraction of sp³-hybridized carbons (Fsp3) is 0.652. The summed E-state index contributed by atoms with van der Waals surface area (Å²) >= 11 is 3.81. The molecule has 2 N–H and O–H groups in total. The zero-order valence-corrected chi connectivity index (χ0v) is 18.7. The zero-order valence-electron chi connectivity index (χ0n) is 17.0. The van der Waals surface area contributed by atoms with Crippen LogP contribution in [0.25, 0.3) is 0 Å². The second-order valence-corrected chi connectivity index (χ2v) is 11.2. The van der Waals surface area contributed by atoms with Gasteiger partial charge in [0.2, 0.25) is 0 Å². The van der Waals surface area contributed by atoms with Gasteiger partial charge < -0.3 is 20.1 Å². The summed E-state index contributed by atoms with van der Waals surface area (Å²) in [6, 6.07) is 4.60. The lowest BCUT2D eigenvalue weighted by atomic mass is 9.70. The van der Waals surface area contributed by atoms with E-state index in [0.29, 0.717) is 5.92 Å². The quantitative estimate of drug-likeness (QED) is 0.706. The van der Waals surface area contributed by atoms with Crippen molar-refractivity contribution in [1.82, 2.24) is 10.6 Å². The van der Waals surface area contributed by atoms with Gasteiger partial charge in [0, 0.05) is 39.7 Å². The second-order valence-electron chi connectivity index (χ2n) is 9.25. The molecular formula is C23H30N2O2S2. The highest BCUT2D eigenvalue weighted by Gasteiger charge is 2.53. The van der Waals surface area contributed by atoms with Gasteiger partial charge in [-0.2, -0.15) is 0 Å². The van der Waals surface area contributed by atoms with E-state index in [1.807, 2.05) is 22.7 Å². The van der Waals surface area contributed by atoms with Crippen molar-refractivity contribution in [2.24, 2.45) is 0 Å². The third-order valence-corrected chi connectivity index (χ3v) is 9.85. The number of likely N-dealkylation sites (N-methyl/N-ethyl adjacent to an activating group) is 1. The molecule has 2 aliphatic heterocycles. The Labute approximate surface area is 181 Å². The molecule has 0 bridgehead atoms. The van der Waals surface area contributed by atoms with Crippen LogP contribution in [-0.4, -0.2) is 37.9 Å². The first kappa shape index (κ1) is 19.0. The lowest BCUT2D eigenvalue weighted by molar-refractivity contribution is -0.0613. The lowest BCUT2D eigenvalue weighted by Crippen LogP contribution is -2.58. The van der Waals surface area contributed by atoms with E-state index >= 15 is 0 Å². The number of fused-ring (bicyclic) bond motifs is 2. The first-order chi connectivity index (χ1) is 14.2. The highest BCUT2D eigenvalue weighted by molar-refractivity contribution is 7.10. The van der Waals surface area contributed by atoms with Crippen LogP contribution in [0.4, 0.5) is 0 Å². The summed E-state index contributed by atoms with van der Waals surface area (Å²) in [7, 11) is 2.08. The highest BCUT2D eigenvalue weighted by Crippen LogP contribution is 2.53. The fourth-order valence-electron chi connectivity index (χ4n) is 5.66. The van der Waals surface area contributed by atoms with Crippen LogP contribution in [-0.2, 0) is 15.9 Å². The number of rotatable bonds is 6. The maximum atomic E-state index is 6.47. The average molecular weight is 431 g/mol. The molecule has 2 aromatic rings. The Morgan fingerprint density at radius 1 is 1.00 bits per heavy atom. The third-order valence-electron chi connectivity index (χ3n) is 7.76. The molecule has 2 aromatic heterocycles. The minimum Gasteiger partial charge on any atom is -0.371 e. The van der Waals surface area contributed by atoms with Gasteiger partial charge in [0.1, 0.15) is 12.2 Å². The normalized spacial score (nSPS) is 31.6. The van der Waals surface area contributed by atoms with Crippen molar-refractivity contribution < 1.29 is 9.47 Å². The maximum Gasteiger partial charge on any atom is 0.102 e. The molecule has 4 nitrogen and oxygen atoms in total. The molecule has 0 amide bonds. The molecule has 2 aliphatic carbocycles. The van der Waals surface area contributed by atoms with Crippen molar-refractivity contribution in [2.45, 2.75) is 67.7 Å². The van der Waals surface area contributed by atoms with E-state index < -0.39 is 0 Å². The maximum absolute atomic E-state index is 6.47. The third kappa shape index (κ3) is 2.99. The van der Waals surface area contributed by atoms with Gasteiger partial charge in [0.15, 0.2) is 0 Å². The SMILES string of the molecule is CNC1(C2OCC(CNC3(C4OCCc5sccc54)CCC3)c3sccc32)CC1. The molecule has 4 aliphatic rings. The Balaban J connectivity index is 1.20. The lowest BCUT2D eigenvalue weighted by Gasteiger charge is -2.50. The van der Waals surface area contributed by atoms with Crippen LogP contribution in [0, 0.1) is 0 Å². The van der Waals surface area contributed by atoms with Gasteiger partial charge in [-0.1, -0.05) is 0 Å². The molecular weight excluding hydrogens is 400 g/mol. The van der Waals surface area contributed by atoms with E-state index in [4.69, 9.17) is 9.47 Å². The number of hydrogen-bond acceptors (Lipinski definition) is 6. The Hall–Kier alpha value is -0.760. The smallest absolute Gasteiger partial charge is 0.102 e. The van der Waals surface area contributed by atoms with Crippen LogP contribution < -0.4 is 10.6 Å². The molecule has 0 radical (unpaired) electrons. The Bertz CT molecular complexity index is 883. The van der Waals surface area contributed by atoms with E-state index in [9.17, 15) is 0 Å². The van der Waals surface area contributed by atoms with Crippen molar-refractivity contribution >= 4 is 22.7 Å². The number of thiophene rings is 2. The summed E-state index contributed by atoms with van der Waals surface area (Å²) in [6.07, 6.45) is 7.66. The Morgan fingerprint density at radius 2 is 1.79 bits per heavy atom. The standard InChI is InChI=1S/C23H30N2O2S2/c1-24-22(8-9-22)21-17-5-12-29-19(17)15(14-27-21)13-25-23(6-2-7-23)20-16-4-11-28-18(16)3-10-26-20/h4-5,11-12,15,20-21,24-25H,2-3,6-10,13-14H2,1H3. The molecule has 6 heteroatoms. The number of nitrogens with one attached hydrogen (secondary N) is 2. The van der Waals surface area contributed by atoms with Crippen molar-refractivity contribution in [3.63, 3.8) is 0 Å². The van der Waals surface area contributed by atoms with E-state index in [2.05, 4.69) is 40.6 Å². The molecule has 4 heterocycles. The molecule has 2 saturated carbocycles. The van der Waals surface area contributed by atoms with Crippen LogP contribution in [0.3, 0.4) is 0 Å². The predicted molar refractivity (Wildman–Crippen MR) is 118 cm³/mol. The van der Waals surface area contributed by atoms with Gasteiger partial charge in [0.05, 0.1) is 13.2 Å². The summed E-state index contributed by atoms with van der Waals surface area (Å²) in [5.74, 6) is 0.442. The van der Waals surface area contributed by atoms with Crippen LogP contribution in [0.1, 0.15) is 71.1 Å². The predicted octanol–water partition coefficient (Wildman–Crippen LogP) is 4.54. The van der Waals surface area contributed by atoms with E-state index in [-0.39, 0.29) is 23.3 Å². The van der Waals surface area contributed by atoms with Gasteiger partial charge in [-0.25, -0.2) is 0 Å². The first-order valence-electron chi connectivity index (χ1n) is 11.1. The van der Waals surface area contributed by atoms with Crippen molar-refractivity contribution in [3.05, 3.63) is 43.8 Å². The Kier molecular flexibility index (Phi) is 4.67. The molecule has 156 valence electrons. The molecule has 3 atom stereocenters. The largest absolute Gasteiger partial charge is 0.371 e. The van der Waals surface area contributed by atoms with Crippen molar-refractivity contribution in [3.8, 4) is 0 Å². The van der Waals surface area contributed by atoms with Crippen LogP contribution >= 0.6 is 22.7 Å². The highest BCUT2D eigenvalue weighted by atomic mass is 32.1. The van der Waals surface area contributed by atoms with Gasteiger partial charge in [0.25, 0.3) is 0 Å². The molecule has 29 heavy (non-hydrogen) atoms. The van der Waals surface area contributed by atoms with Gasteiger partial charge >= 0.3 is 0 Å². The monoisotopic (exact) mass is 430 g/mol. The van der Waals surface area contributed by atoms with Crippen molar-refractivity contribution in [2.75, 3.05) is 26.8 Å². The minimum absolute atomic E-state index is 0.104. The van der Waals surface area contributed by atoms with E-state index in [1.165, 1.54) is 53.0 Å². The summed E-state index contributed by atoms with van der Waals surface area (Å²) in [4.78, 5) is 3.06. The van der Waals surface area contributed by atoms with E-state index in [1.54, 1.807) is 0 Å². The topological polar surface area (TPSA) is 42.5 Å². The summed E-state index contributed by atoms with van der Waals surface area (Å²) in [5, 5.41) is 12.0. The molecule has 0 spiro atoms. The van der Waals surface area contributed by atoms with Gasteiger partial charge in [-0.3, -0.25) is 0 Å². The summed E-state index contributed by atoms with van der Waals surface area (Å²) in [6.45, 7) is 2.66. The molecule has 0 saturated heterocycles. The zero-order chi connectivity index (χ0) is 19.5. The van der Waals surface area contributed by atoms with Crippen molar-refractivity contribution in [1.29, 1.82) is 0 Å². The van der Waals surface area contributed by atoms with Crippen LogP contribution in [0.2, 0.25) is 0 Å². The van der Waals surface area contributed by atoms with Crippen LogP contribution in [0.15, 0.2) is 22.9 Å². The van der Waals surface area contributed by atoms with Gasteiger partial charge in [-0.15, -0.1) is 22.7 Å². The molecule has 0 aromatic carbocycles. The fourth-order valence-corrected chi connectivity index (χ4v) is 7.57. The number of hydrogen-bond donors (Lipinski definition) is 2.